The number of amides is 1. The summed E-state index contributed by atoms with van der Waals surface area (Å²) in [6.45, 7) is 3.35. The Kier molecular flexibility index (Phi) is 4.74. The Morgan fingerprint density at radius 3 is 2.75 bits per heavy atom. The smallest absolute Gasteiger partial charge is 0.317 e. The number of hydrogen-bond donors (Lipinski definition) is 1. The number of rotatable bonds is 6. The summed E-state index contributed by atoms with van der Waals surface area (Å²) < 4.78 is 0. The van der Waals surface area contributed by atoms with E-state index in [1.165, 1.54) is 5.56 Å². The molecule has 0 aromatic heterocycles. The molecule has 5 nitrogen and oxygen atoms in total. The summed E-state index contributed by atoms with van der Waals surface area (Å²) in [7, 11) is 0. The normalized spacial score (nSPS) is 13.6. The van der Waals surface area contributed by atoms with Crippen molar-refractivity contribution in [3.63, 3.8) is 0 Å². The number of aliphatic carboxylic acids is 1. The number of benzene rings is 1. The third kappa shape index (κ3) is 3.36. The lowest BCUT2D eigenvalue weighted by molar-refractivity contribution is -0.138. The van der Waals surface area contributed by atoms with Crippen molar-refractivity contribution in [2.24, 2.45) is 0 Å². The Labute approximate surface area is 118 Å². The first-order valence-electron chi connectivity index (χ1n) is 6.94. The minimum Gasteiger partial charge on any atom is -0.480 e. The topological polar surface area (TPSA) is 60.9 Å². The van der Waals surface area contributed by atoms with Crippen LogP contribution in [0.2, 0.25) is 0 Å². The van der Waals surface area contributed by atoms with Gasteiger partial charge in [0.05, 0.1) is 13.1 Å². The van der Waals surface area contributed by atoms with Crippen molar-refractivity contribution in [1.29, 1.82) is 0 Å². The number of nitrogens with zero attached hydrogens (tertiary/aromatic N) is 2. The third-order valence-electron chi connectivity index (χ3n) is 3.45. The molecule has 0 atom stereocenters. The Morgan fingerprint density at radius 1 is 1.30 bits per heavy atom. The van der Waals surface area contributed by atoms with Crippen molar-refractivity contribution in [2.45, 2.75) is 19.8 Å². The maximum atomic E-state index is 12.4. The number of hydrogen-bond acceptors (Lipinski definition) is 3. The van der Waals surface area contributed by atoms with E-state index >= 15 is 0 Å². The van der Waals surface area contributed by atoms with Crippen LogP contribution in [0.3, 0.4) is 0 Å². The Bertz CT molecular complexity index is 502. The molecule has 0 unspecified atom stereocenters. The van der Waals surface area contributed by atoms with E-state index in [4.69, 9.17) is 5.11 Å². The number of fused-ring (bicyclic) bond motifs is 1. The molecular weight excluding hydrogens is 256 g/mol. The quantitative estimate of drug-likeness (QED) is 0.852. The van der Waals surface area contributed by atoms with Gasteiger partial charge in [0.2, 0.25) is 5.91 Å². The fourth-order valence-electron chi connectivity index (χ4n) is 2.60. The zero-order valence-corrected chi connectivity index (χ0v) is 11.7. The molecule has 1 aliphatic heterocycles. The van der Waals surface area contributed by atoms with Gasteiger partial charge in [-0.05, 0) is 31.0 Å². The van der Waals surface area contributed by atoms with E-state index in [1.54, 1.807) is 9.80 Å². The second kappa shape index (κ2) is 6.52. The van der Waals surface area contributed by atoms with Crippen molar-refractivity contribution >= 4 is 17.6 Å². The van der Waals surface area contributed by atoms with Crippen LogP contribution in [-0.4, -0.2) is 48.1 Å². The molecule has 1 amide bonds. The second-order valence-corrected chi connectivity index (χ2v) is 5.03. The number of anilines is 1. The van der Waals surface area contributed by atoms with Crippen LogP contribution in [0.5, 0.6) is 0 Å². The highest BCUT2D eigenvalue weighted by Gasteiger charge is 2.25. The van der Waals surface area contributed by atoms with Gasteiger partial charge in [-0.3, -0.25) is 14.5 Å². The van der Waals surface area contributed by atoms with Gasteiger partial charge in [0.25, 0.3) is 0 Å². The first-order chi connectivity index (χ1) is 9.61. The van der Waals surface area contributed by atoms with Crippen LogP contribution in [0, 0.1) is 0 Å². The zero-order chi connectivity index (χ0) is 14.5. The maximum Gasteiger partial charge on any atom is 0.317 e. The van der Waals surface area contributed by atoms with E-state index in [-0.39, 0.29) is 19.0 Å². The molecule has 108 valence electrons. The molecule has 1 aliphatic rings. The van der Waals surface area contributed by atoms with E-state index < -0.39 is 5.97 Å². The average molecular weight is 276 g/mol. The van der Waals surface area contributed by atoms with Crippen LogP contribution in [-0.2, 0) is 16.0 Å². The van der Waals surface area contributed by atoms with Crippen molar-refractivity contribution in [2.75, 3.05) is 31.1 Å². The fraction of sp³-hybridized carbons (Fsp3) is 0.467. The highest BCUT2D eigenvalue weighted by Crippen LogP contribution is 2.27. The van der Waals surface area contributed by atoms with E-state index in [9.17, 15) is 9.59 Å². The average Bonchev–Trinajstić information content (AvgIpc) is 2.82. The number of para-hydroxylation sites is 1. The van der Waals surface area contributed by atoms with Crippen molar-refractivity contribution in [3.8, 4) is 0 Å². The minimum absolute atomic E-state index is 0.0235. The van der Waals surface area contributed by atoms with Crippen molar-refractivity contribution in [1.82, 2.24) is 4.90 Å². The van der Waals surface area contributed by atoms with Gasteiger partial charge in [-0.15, -0.1) is 0 Å². The van der Waals surface area contributed by atoms with Crippen LogP contribution >= 0.6 is 0 Å². The van der Waals surface area contributed by atoms with Gasteiger partial charge in [-0.2, -0.15) is 0 Å². The molecule has 0 bridgehead atoms. The van der Waals surface area contributed by atoms with Crippen LogP contribution in [0.15, 0.2) is 24.3 Å². The Balaban J connectivity index is 2.03. The summed E-state index contributed by atoms with van der Waals surface area (Å²) in [6.07, 6.45) is 1.70. The second-order valence-electron chi connectivity index (χ2n) is 5.03. The monoisotopic (exact) mass is 276 g/mol. The SMILES string of the molecule is CCCN(CC(=O)O)CC(=O)N1CCc2ccccc21. The fourth-order valence-corrected chi connectivity index (χ4v) is 2.60. The predicted octanol–water partition coefficient (Wildman–Crippen LogP) is 1.37. The third-order valence-corrected chi connectivity index (χ3v) is 3.45. The molecule has 1 aromatic rings. The molecule has 0 saturated heterocycles. The van der Waals surface area contributed by atoms with Crippen LogP contribution in [0.25, 0.3) is 0 Å². The Hall–Kier alpha value is -1.88. The largest absolute Gasteiger partial charge is 0.480 e. The predicted molar refractivity (Wildman–Crippen MR) is 76.9 cm³/mol. The number of carbonyl (C=O) groups excluding carboxylic acids is 1. The molecule has 5 heteroatoms. The first-order valence-corrected chi connectivity index (χ1v) is 6.94. The number of carboxylic acid groups (broad SMARTS) is 1. The highest BCUT2D eigenvalue weighted by atomic mass is 16.4. The van der Waals surface area contributed by atoms with Crippen molar-refractivity contribution < 1.29 is 14.7 Å². The molecule has 1 aromatic carbocycles. The maximum absolute atomic E-state index is 12.4. The molecule has 2 rings (SSSR count). The zero-order valence-electron chi connectivity index (χ0n) is 11.7. The molecule has 1 heterocycles. The number of carboxylic acids is 1. The minimum atomic E-state index is -0.895. The lowest BCUT2D eigenvalue weighted by Gasteiger charge is -2.23. The molecule has 1 N–H and O–H groups in total. The molecule has 0 aliphatic carbocycles. The van der Waals surface area contributed by atoms with E-state index in [1.807, 2.05) is 31.2 Å². The molecule has 20 heavy (non-hydrogen) atoms. The summed E-state index contributed by atoms with van der Waals surface area (Å²) in [4.78, 5) is 26.6. The molecule has 0 fully saturated rings. The van der Waals surface area contributed by atoms with E-state index in [2.05, 4.69) is 0 Å². The standard InChI is InChI=1S/C15H20N2O3/c1-2-8-16(11-15(19)20)10-14(18)17-9-7-12-5-3-4-6-13(12)17/h3-6H,2,7-11H2,1H3,(H,19,20). The molecule has 0 saturated carbocycles. The summed E-state index contributed by atoms with van der Waals surface area (Å²) in [5, 5.41) is 8.88. The van der Waals surface area contributed by atoms with E-state index in [0.29, 0.717) is 13.1 Å². The Morgan fingerprint density at radius 2 is 2.05 bits per heavy atom. The van der Waals surface area contributed by atoms with Gasteiger partial charge in [-0.1, -0.05) is 25.1 Å². The van der Waals surface area contributed by atoms with Crippen LogP contribution in [0.1, 0.15) is 18.9 Å². The van der Waals surface area contributed by atoms with Crippen LogP contribution < -0.4 is 4.90 Å². The molecule has 0 radical (unpaired) electrons. The lowest BCUT2D eigenvalue weighted by Crippen LogP contribution is -2.42. The van der Waals surface area contributed by atoms with Crippen molar-refractivity contribution in [3.05, 3.63) is 29.8 Å². The summed E-state index contributed by atoms with van der Waals surface area (Å²) in [5.41, 5.74) is 2.14. The summed E-state index contributed by atoms with van der Waals surface area (Å²) in [6, 6.07) is 7.87. The summed E-state index contributed by atoms with van der Waals surface area (Å²) >= 11 is 0. The van der Waals surface area contributed by atoms with Gasteiger partial charge in [0.15, 0.2) is 0 Å². The highest BCUT2D eigenvalue weighted by molar-refractivity contribution is 5.96. The molecular formula is C15H20N2O3. The van der Waals surface area contributed by atoms with Gasteiger partial charge in [-0.25, -0.2) is 0 Å². The first kappa shape index (κ1) is 14.5. The van der Waals surface area contributed by atoms with Crippen LogP contribution in [0.4, 0.5) is 5.69 Å². The molecule has 0 spiro atoms. The van der Waals surface area contributed by atoms with Gasteiger partial charge >= 0.3 is 5.97 Å². The van der Waals surface area contributed by atoms with E-state index in [0.717, 1.165) is 18.5 Å². The number of carbonyl (C=O) groups is 2. The van der Waals surface area contributed by atoms with Gasteiger partial charge < -0.3 is 10.0 Å². The summed E-state index contributed by atoms with van der Waals surface area (Å²) in [5.74, 6) is -0.919. The van der Waals surface area contributed by atoms with Gasteiger partial charge in [0, 0.05) is 12.2 Å². The lowest BCUT2D eigenvalue weighted by atomic mass is 10.2. The van der Waals surface area contributed by atoms with Gasteiger partial charge in [0.1, 0.15) is 0 Å².